The van der Waals surface area contributed by atoms with Crippen LogP contribution in [0, 0.1) is 5.82 Å². The van der Waals surface area contributed by atoms with Crippen LogP contribution < -0.4 is 9.80 Å². The SMILES string of the molecule is CC1(C)c2cccc3ccc4cc(N(c5ccccc5-c5ccccc5)c5ccc6ccc7c(N(c8ccccc8)c8c(F)cc(-c9ccccc9)cc8-c8ccccc8)ccc8ccc5c6c87)cc1c4c23. The van der Waals surface area contributed by atoms with Crippen molar-refractivity contribution in [3.05, 3.63) is 266 Å². The fourth-order valence-corrected chi connectivity index (χ4v) is 12.0. The topological polar surface area (TPSA) is 6.48 Å². The Hall–Kier alpha value is -9.05. The van der Waals surface area contributed by atoms with Crippen LogP contribution in [0.4, 0.5) is 38.5 Å². The summed E-state index contributed by atoms with van der Waals surface area (Å²) in [6, 6.07) is 88.2. The first-order valence-corrected chi connectivity index (χ1v) is 24.9. The monoisotopic (exact) mass is 922 g/mol. The molecule has 0 heterocycles. The maximum absolute atomic E-state index is 17.7. The van der Waals surface area contributed by atoms with E-state index in [9.17, 15) is 0 Å². The zero-order valence-corrected chi connectivity index (χ0v) is 39.9. The molecular formula is C69H47FN2. The van der Waals surface area contributed by atoms with Gasteiger partial charge in [0, 0.05) is 38.7 Å². The molecule has 2 nitrogen and oxygen atoms in total. The minimum Gasteiger partial charge on any atom is -0.309 e. The Labute approximate surface area is 418 Å². The number of nitrogens with zero attached hydrogens (tertiary/aromatic N) is 2. The van der Waals surface area contributed by atoms with Crippen LogP contribution in [0.3, 0.4) is 0 Å². The Morgan fingerprint density at radius 1 is 0.319 bits per heavy atom. The minimum absolute atomic E-state index is 0.201. The fraction of sp³-hybridized carbons (Fsp3) is 0.0435. The molecule has 14 rings (SSSR count). The van der Waals surface area contributed by atoms with Crippen LogP contribution in [0.1, 0.15) is 25.0 Å². The minimum atomic E-state index is -0.300. The largest absolute Gasteiger partial charge is 0.309 e. The van der Waals surface area contributed by atoms with Crippen LogP contribution >= 0.6 is 0 Å². The van der Waals surface area contributed by atoms with Crippen molar-refractivity contribution in [3.63, 3.8) is 0 Å². The van der Waals surface area contributed by atoms with Crippen molar-refractivity contribution in [2.45, 2.75) is 19.3 Å². The molecule has 0 unspecified atom stereocenters. The highest BCUT2D eigenvalue weighted by molar-refractivity contribution is 6.28. The molecule has 0 atom stereocenters. The van der Waals surface area contributed by atoms with E-state index < -0.39 is 0 Å². The number of anilines is 6. The Balaban J connectivity index is 1.03. The van der Waals surface area contributed by atoms with Crippen molar-refractivity contribution in [3.8, 4) is 33.4 Å². The van der Waals surface area contributed by atoms with Gasteiger partial charge in [0.2, 0.25) is 0 Å². The third-order valence-electron chi connectivity index (χ3n) is 15.4. The molecule has 0 aliphatic heterocycles. The Bertz CT molecular complexity index is 4240. The van der Waals surface area contributed by atoms with Gasteiger partial charge in [-0.3, -0.25) is 0 Å². The molecule has 0 saturated heterocycles. The molecule has 0 bridgehead atoms. The molecule has 13 aromatic carbocycles. The van der Waals surface area contributed by atoms with E-state index in [1.165, 1.54) is 38.1 Å². The van der Waals surface area contributed by atoms with Crippen molar-refractivity contribution in [1.29, 1.82) is 0 Å². The molecule has 0 N–H and O–H groups in total. The van der Waals surface area contributed by atoms with Crippen LogP contribution in [-0.2, 0) is 5.41 Å². The van der Waals surface area contributed by atoms with Gasteiger partial charge in [-0.25, -0.2) is 4.39 Å². The van der Waals surface area contributed by atoms with Crippen molar-refractivity contribution < 1.29 is 4.39 Å². The van der Waals surface area contributed by atoms with Gasteiger partial charge >= 0.3 is 0 Å². The Morgan fingerprint density at radius 2 is 0.833 bits per heavy atom. The van der Waals surface area contributed by atoms with Crippen molar-refractivity contribution in [1.82, 2.24) is 0 Å². The molecule has 0 radical (unpaired) electrons. The van der Waals surface area contributed by atoms with E-state index in [4.69, 9.17) is 0 Å². The van der Waals surface area contributed by atoms with Gasteiger partial charge in [-0.2, -0.15) is 0 Å². The molecule has 1 aliphatic carbocycles. The number of halogens is 1. The smallest absolute Gasteiger partial charge is 0.148 e. The highest BCUT2D eigenvalue weighted by Crippen LogP contribution is 2.54. The number of hydrogen-bond donors (Lipinski definition) is 0. The number of para-hydroxylation sites is 2. The Morgan fingerprint density at radius 3 is 1.50 bits per heavy atom. The fourth-order valence-electron chi connectivity index (χ4n) is 12.0. The van der Waals surface area contributed by atoms with E-state index in [0.717, 1.165) is 88.7 Å². The van der Waals surface area contributed by atoms with Crippen LogP contribution in [-0.4, -0.2) is 0 Å². The first kappa shape index (κ1) is 41.9. The first-order chi connectivity index (χ1) is 35.4. The maximum Gasteiger partial charge on any atom is 0.148 e. The molecule has 1 aliphatic rings. The summed E-state index contributed by atoms with van der Waals surface area (Å²) in [7, 11) is 0. The van der Waals surface area contributed by atoms with E-state index >= 15 is 4.39 Å². The second-order valence-corrected chi connectivity index (χ2v) is 19.8. The lowest BCUT2D eigenvalue weighted by Crippen LogP contribution is -2.17. The lowest BCUT2D eigenvalue weighted by molar-refractivity contribution is 0.630. The van der Waals surface area contributed by atoms with E-state index in [-0.39, 0.29) is 11.2 Å². The van der Waals surface area contributed by atoms with Gasteiger partial charge in [0.05, 0.1) is 22.7 Å². The summed E-state index contributed by atoms with van der Waals surface area (Å²) in [6.45, 7) is 4.75. The molecule has 3 heteroatoms. The standard InChI is InChI=1S/C69H47FN2/c1-69(2)58-28-17-24-47-30-31-50-40-53(43-59(69)67(50)66(47)58)71(61-29-16-15-27-54(61)45-20-9-4-10-21-45)62-38-34-48-33-37-56-63(39-35-49-32-36-55(62)64(48)65(49)56)72(52-25-13-6-14-26-52)68-57(46-22-11-5-12-23-46)41-51(42-60(68)70)44-18-7-3-8-19-44/h3-43H,1-2H3. The predicted octanol–water partition coefficient (Wildman–Crippen LogP) is 19.6. The molecule has 340 valence electrons. The molecule has 13 aromatic rings. The predicted molar refractivity (Wildman–Crippen MR) is 303 cm³/mol. The maximum atomic E-state index is 17.7. The molecule has 0 spiro atoms. The highest BCUT2D eigenvalue weighted by atomic mass is 19.1. The third-order valence-corrected chi connectivity index (χ3v) is 15.4. The summed E-state index contributed by atoms with van der Waals surface area (Å²) in [5.74, 6) is -0.300. The van der Waals surface area contributed by atoms with Crippen LogP contribution in [0.25, 0.3) is 87.2 Å². The quantitative estimate of drug-likeness (QED) is 0.133. The van der Waals surface area contributed by atoms with Gasteiger partial charge in [-0.15, -0.1) is 0 Å². The highest BCUT2D eigenvalue weighted by Gasteiger charge is 2.35. The van der Waals surface area contributed by atoms with Gasteiger partial charge in [0.25, 0.3) is 0 Å². The van der Waals surface area contributed by atoms with Crippen molar-refractivity contribution in [2.75, 3.05) is 9.80 Å². The Kier molecular flexibility index (Phi) is 9.46. The van der Waals surface area contributed by atoms with Gasteiger partial charge in [0.15, 0.2) is 0 Å². The zero-order chi connectivity index (χ0) is 48.1. The van der Waals surface area contributed by atoms with Crippen molar-refractivity contribution >= 4 is 88.0 Å². The van der Waals surface area contributed by atoms with Gasteiger partial charge < -0.3 is 9.80 Å². The lowest BCUT2D eigenvalue weighted by Gasteiger charge is -2.32. The third kappa shape index (κ3) is 6.40. The van der Waals surface area contributed by atoms with Gasteiger partial charge in [-0.1, -0.05) is 208 Å². The van der Waals surface area contributed by atoms with Crippen LogP contribution in [0.2, 0.25) is 0 Å². The van der Waals surface area contributed by atoms with Gasteiger partial charge in [-0.05, 0) is 131 Å². The van der Waals surface area contributed by atoms with E-state index in [1.807, 2.05) is 66.7 Å². The van der Waals surface area contributed by atoms with Crippen LogP contribution in [0.5, 0.6) is 0 Å². The molecule has 0 aromatic heterocycles. The molecular weight excluding hydrogens is 876 g/mol. The van der Waals surface area contributed by atoms with E-state index in [2.05, 4.69) is 200 Å². The molecule has 0 amide bonds. The lowest BCUT2D eigenvalue weighted by atomic mass is 9.81. The second-order valence-electron chi connectivity index (χ2n) is 19.8. The zero-order valence-electron chi connectivity index (χ0n) is 39.9. The average Bonchev–Trinajstić information content (AvgIpc) is 3.67. The van der Waals surface area contributed by atoms with Crippen molar-refractivity contribution in [2.24, 2.45) is 0 Å². The summed E-state index contributed by atoms with van der Waals surface area (Å²) in [6.07, 6.45) is 0. The first-order valence-electron chi connectivity index (χ1n) is 24.9. The summed E-state index contributed by atoms with van der Waals surface area (Å²) >= 11 is 0. The van der Waals surface area contributed by atoms with E-state index in [1.54, 1.807) is 6.07 Å². The molecule has 72 heavy (non-hydrogen) atoms. The number of rotatable bonds is 9. The summed E-state index contributed by atoms with van der Waals surface area (Å²) in [5, 5.41) is 12.0. The summed E-state index contributed by atoms with van der Waals surface area (Å²) < 4.78 is 17.7. The van der Waals surface area contributed by atoms with E-state index in [0.29, 0.717) is 5.69 Å². The molecule has 0 fully saturated rings. The summed E-state index contributed by atoms with van der Waals surface area (Å²) in [5.41, 5.74) is 13.9. The van der Waals surface area contributed by atoms with Gasteiger partial charge in [0.1, 0.15) is 5.82 Å². The molecule has 0 saturated carbocycles. The number of hydrogen-bond acceptors (Lipinski definition) is 2. The second kappa shape index (κ2) is 16.3. The number of benzene rings is 13. The van der Waals surface area contributed by atoms with Crippen LogP contribution in [0.15, 0.2) is 249 Å². The average molecular weight is 923 g/mol. The normalized spacial score (nSPS) is 12.8. The summed E-state index contributed by atoms with van der Waals surface area (Å²) in [4.78, 5) is 4.64.